The van der Waals surface area contributed by atoms with Gasteiger partial charge in [-0.3, -0.25) is 0 Å². The lowest BCUT2D eigenvalue weighted by Gasteiger charge is -2.29. The molecule has 0 radical (unpaired) electrons. The number of nitrogens with one attached hydrogen (secondary N) is 2. The van der Waals surface area contributed by atoms with Crippen LogP contribution in [0.3, 0.4) is 0 Å². The fourth-order valence-electron chi connectivity index (χ4n) is 2.66. The molecular weight excluding hydrogens is 328 g/mol. The number of nitrogens with zero attached hydrogens (tertiary/aromatic N) is 2. The van der Waals surface area contributed by atoms with Crippen molar-refractivity contribution in [3.05, 3.63) is 35.9 Å². The van der Waals surface area contributed by atoms with Crippen molar-refractivity contribution in [2.45, 2.75) is 23.9 Å². The molecule has 1 aromatic heterocycles. The maximum atomic E-state index is 5.92. The monoisotopic (exact) mass is 351 g/mol. The van der Waals surface area contributed by atoms with Crippen molar-refractivity contribution in [2.24, 2.45) is 0 Å². The molecule has 5 nitrogen and oxygen atoms in total. The zero-order valence-corrected chi connectivity index (χ0v) is 15.0. The lowest BCUT2D eigenvalue weighted by atomic mass is 10.2. The van der Waals surface area contributed by atoms with Gasteiger partial charge in [0, 0.05) is 17.9 Å². The van der Waals surface area contributed by atoms with Crippen LogP contribution in [-0.4, -0.2) is 48.3 Å². The third kappa shape index (κ3) is 5.17. The van der Waals surface area contributed by atoms with E-state index < -0.39 is 0 Å². The zero-order valence-electron chi connectivity index (χ0n) is 13.3. The molecule has 23 heavy (non-hydrogen) atoms. The first-order chi connectivity index (χ1) is 11.3. The Morgan fingerprint density at radius 1 is 1.35 bits per heavy atom. The molecule has 1 fully saturated rings. The summed E-state index contributed by atoms with van der Waals surface area (Å²) in [6.07, 6.45) is 0.291. The molecule has 1 aliphatic heterocycles. The number of quaternary nitrogens is 1. The summed E-state index contributed by atoms with van der Waals surface area (Å²) in [5.41, 5.74) is 1.40. The second-order valence-corrected chi connectivity index (χ2v) is 7.82. The van der Waals surface area contributed by atoms with Crippen molar-refractivity contribution in [1.29, 1.82) is 0 Å². The summed E-state index contributed by atoms with van der Waals surface area (Å²) in [6.45, 7) is 7.00. The van der Waals surface area contributed by atoms with E-state index in [0.29, 0.717) is 6.10 Å². The minimum absolute atomic E-state index is 0.291. The van der Waals surface area contributed by atoms with Gasteiger partial charge in [0.2, 0.25) is 5.13 Å². The number of ether oxygens (including phenoxy) is 1. The van der Waals surface area contributed by atoms with E-state index in [1.54, 1.807) is 28.0 Å². The number of aromatic nitrogens is 2. The predicted octanol–water partition coefficient (Wildman–Crippen LogP) is 1.55. The van der Waals surface area contributed by atoms with Gasteiger partial charge in [0.1, 0.15) is 25.7 Å². The molecule has 0 amide bonds. The van der Waals surface area contributed by atoms with Gasteiger partial charge in [0.15, 0.2) is 4.34 Å². The van der Waals surface area contributed by atoms with Crippen LogP contribution in [0.15, 0.2) is 34.7 Å². The molecule has 2 N–H and O–H groups in total. The number of rotatable bonds is 7. The Kier molecular flexibility index (Phi) is 6.27. The van der Waals surface area contributed by atoms with Gasteiger partial charge in [-0.1, -0.05) is 53.4 Å². The molecule has 2 aromatic rings. The van der Waals surface area contributed by atoms with E-state index in [1.165, 1.54) is 5.56 Å². The third-order valence-corrected chi connectivity index (χ3v) is 5.90. The van der Waals surface area contributed by atoms with Gasteiger partial charge in [-0.2, -0.15) is 0 Å². The highest BCUT2D eigenvalue weighted by atomic mass is 32.2. The fourth-order valence-corrected chi connectivity index (χ4v) is 4.52. The van der Waals surface area contributed by atoms with Crippen LogP contribution >= 0.6 is 23.1 Å². The predicted molar refractivity (Wildman–Crippen MR) is 95.4 cm³/mol. The Hall–Kier alpha value is -1.15. The number of benzene rings is 1. The molecule has 0 aliphatic carbocycles. The summed E-state index contributed by atoms with van der Waals surface area (Å²) in [4.78, 5) is 1.60. The molecule has 1 saturated heterocycles. The Labute approximate surface area is 145 Å². The molecule has 1 aromatic carbocycles. The number of thioether (sulfide) groups is 1. The van der Waals surface area contributed by atoms with Gasteiger partial charge in [0.25, 0.3) is 0 Å². The van der Waals surface area contributed by atoms with Crippen molar-refractivity contribution in [2.75, 3.05) is 37.3 Å². The minimum atomic E-state index is 0.291. The summed E-state index contributed by atoms with van der Waals surface area (Å²) in [5, 5.41) is 12.4. The van der Waals surface area contributed by atoms with Crippen molar-refractivity contribution < 1.29 is 9.64 Å². The molecule has 1 aliphatic rings. The SMILES string of the molecule is CCNc1nnc(SC[C@@H]2C[NH+](Cc3ccccc3)CCO2)s1. The molecule has 2 atom stereocenters. The molecule has 0 bridgehead atoms. The van der Waals surface area contributed by atoms with Gasteiger partial charge in [0.05, 0.1) is 6.61 Å². The Balaban J connectivity index is 1.46. The summed E-state index contributed by atoms with van der Waals surface area (Å²) in [7, 11) is 0. The standard InChI is InChI=1S/C16H22N4OS2/c1-2-17-15-18-19-16(23-15)22-12-14-11-20(8-9-21-14)10-13-6-4-3-5-7-13/h3-7,14H,2,8-12H2,1H3,(H,17,18)/p+1/t14-/m0/s1. The highest BCUT2D eigenvalue weighted by Crippen LogP contribution is 2.26. The average molecular weight is 352 g/mol. The smallest absolute Gasteiger partial charge is 0.206 e. The summed E-state index contributed by atoms with van der Waals surface area (Å²) in [6, 6.07) is 10.7. The first kappa shape index (κ1) is 16.7. The molecule has 7 heteroatoms. The van der Waals surface area contributed by atoms with Crippen molar-refractivity contribution in [3.8, 4) is 0 Å². The van der Waals surface area contributed by atoms with E-state index in [1.807, 2.05) is 0 Å². The Bertz CT molecular complexity index is 593. The lowest BCUT2D eigenvalue weighted by Crippen LogP contribution is -3.13. The average Bonchev–Trinajstić information content (AvgIpc) is 3.02. The van der Waals surface area contributed by atoms with E-state index in [2.05, 4.69) is 52.8 Å². The molecule has 3 rings (SSSR count). The van der Waals surface area contributed by atoms with E-state index in [4.69, 9.17) is 4.74 Å². The quantitative estimate of drug-likeness (QED) is 0.741. The summed E-state index contributed by atoms with van der Waals surface area (Å²) < 4.78 is 6.93. The molecule has 0 saturated carbocycles. The second kappa shape index (κ2) is 8.63. The fraction of sp³-hybridized carbons (Fsp3) is 0.500. The van der Waals surface area contributed by atoms with Crippen molar-refractivity contribution in [3.63, 3.8) is 0 Å². The van der Waals surface area contributed by atoms with Gasteiger partial charge in [-0.25, -0.2) is 0 Å². The minimum Gasteiger partial charge on any atom is -0.366 e. The molecule has 124 valence electrons. The van der Waals surface area contributed by atoms with E-state index in [0.717, 1.165) is 48.0 Å². The highest BCUT2D eigenvalue weighted by molar-refractivity contribution is 8.01. The number of anilines is 1. The van der Waals surface area contributed by atoms with Crippen LogP contribution in [0.4, 0.5) is 5.13 Å². The Morgan fingerprint density at radius 3 is 3.04 bits per heavy atom. The normalized spacial score (nSPS) is 21.3. The molecular formula is C16H23N4OS2+. The van der Waals surface area contributed by atoms with Crippen LogP contribution in [0, 0.1) is 0 Å². The first-order valence-corrected chi connectivity index (χ1v) is 9.83. The van der Waals surface area contributed by atoms with Crippen molar-refractivity contribution >= 4 is 28.2 Å². The maximum absolute atomic E-state index is 5.92. The Morgan fingerprint density at radius 2 is 2.22 bits per heavy atom. The van der Waals surface area contributed by atoms with E-state index in [9.17, 15) is 0 Å². The third-order valence-electron chi connectivity index (χ3n) is 3.75. The molecule has 0 spiro atoms. The first-order valence-electron chi connectivity index (χ1n) is 8.02. The van der Waals surface area contributed by atoms with Crippen LogP contribution in [0.2, 0.25) is 0 Å². The lowest BCUT2D eigenvalue weighted by molar-refractivity contribution is -0.924. The summed E-state index contributed by atoms with van der Waals surface area (Å²) in [5.74, 6) is 0.944. The highest BCUT2D eigenvalue weighted by Gasteiger charge is 2.24. The maximum Gasteiger partial charge on any atom is 0.206 e. The van der Waals surface area contributed by atoms with Crippen LogP contribution < -0.4 is 10.2 Å². The van der Waals surface area contributed by atoms with Crippen LogP contribution in [0.1, 0.15) is 12.5 Å². The van der Waals surface area contributed by atoms with Gasteiger partial charge < -0.3 is 15.0 Å². The molecule has 1 unspecified atom stereocenters. The second-order valence-electron chi connectivity index (χ2n) is 5.57. The topological polar surface area (TPSA) is 51.5 Å². The van der Waals surface area contributed by atoms with Crippen LogP contribution in [0.25, 0.3) is 0 Å². The number of hydrogen-bond acceptors (Lipinski definition) is 6. The van der Waals surface area contributed by atoms with Gasteiger partial charge >= 0.3 is 0 Å². The number of hydrogen-bond donors (Lipinski definition) is 2. The largest absolute Gasteiger partial charge is 0.366 e. The van der Waals surface area contributed by atoms with Gasteiger partial charge in [-0.15, -0.1) is 10.2 Å². The van der Waals surface area contributed by atoms with Crippen molar-refractivity contribution in [1.82, 2.24) is 10.2 Å². The zero-order chi connectivity index (χ0) is 15.9. The van der Waals surface area contributed by atoms with Gasteiger partial charge in [-0.05, 0) is 6.92 Å². The number of morpholine rings is 1. The van der Waals surface area contributed by atoms with Crippen LogP contribution in [-0.2, 0) is 11.3 Å². The summed E-state index contributed by atoms with van der Waals surface area (Å²) >= 11 is 3.37. The van der Waals surface area contributed by atoms with Crippen LogP contribution in [0.5, 0.6) is 0 Å². The van der Waals surface area contributed by atoms with E-state index >= 15 is 0 Å². The molecule has 2 heterocycles. The van der Waals surface area contributed by atoms with E-state index in [-0.39, 0.29) is 0 Å².